The molecule has 0 radical (unpaired) electrons. The van der Waals surface area contributed by atoms with E-state index in [1.54, 1.807) is 11.3 Å². The Morgan fingerprint density at radius 3 is 3.23 bits per heavy atom. The lowest BCUT2D eigenvalue weighted by molar-refractivity contribution is 0.0443. The molecule has 0 aromatic carbocycles. The van der Waals surface area contributed by atoms with E-state index >= 15 is 0 Å². The summed E-state index contributed by atoms with van der Waals surface area (Å²) in [4.78, 5) is 4.23. The Morgan fingerprint density at radius 2 is 2.62 bits per heavy atom. The van der Waals surface area contributed by atoms with Gasteiger partial charge >= 0.3 is 0 Å². The van der Waals surface area contributed by atoms with Crippen LogP contribution in [0.5, 0.6) is 0 Å². The highest BCUT2D eigenvalue weighted by Gasteiger charge is 2.23. The zero-order valence-corrected chi connectivity index (χ0v) is 8.30. The van der Waals surface area contributed by atoms with Crippen molar-refractivity contribution >= 4 is 11.3 Å². The zero-order valence-electron chi connectivity index (χ0n) is 7.48. The van der Waals surface area contributed by atoms with Gasteiger partial charge in [-0.1, -0.05) is 0 Å². The molecule has 1 aliphatic heterocycles. The molecule has 1 aromatic rings. The topological polar surface area (TPSA) is 48.1 Å². The summed E-state index contributed by atoms with van der Waals surface area (Å²) in [5.74, 6) is 0.454. The molecule has 0 saturated carbocycles. The summed E-state index contributed by atoms with van der Waals surface area (Å²) >= 11 is 1.60. The second-order valence-electron chi connectivity index (χ2n) is 3.42. The standard InChI is InChI=1S/C9H14N2OS/c10-9(8-5-13-6-11-8)7-2-1-3-12-4-7/h5-7,9H,1-4,10H2. The maximum atomic E-state index is 6.08. The molecule has 0 aliphatic carbocycles. The van der Waals surface area contributed by atoms with Crippen LogP contribution in [0.15, 0.2) is 10.9 Å². The summed E-state index contributed by atoms with van der Waals surface area (Å²) in [5, 5.41) is 2.03. The minimum atomic E-state index is 0.0616. The van der Waals surface area contributed by atoms with E-state index in [1.807, 2.05) is 10.9 Å². The second-order valence-corrected chi connectivity index (χ2v) is 4.14. The Labute approximate surface area is 81.9 Å². The van der Waals surface area contributed by atoms with Crippen molar-refractivity contribution in [3.63, 3.8) is 0 Å². The third-order valence-corrected chi connectivity index (χ3v) is 3.10. The molecule has 1 saturated heterocycles. The predicted octanol–water partition coefficient (Wildman–Crippen LogP) is 1.57. The minimum Gasteiger partial charge on any atom is -0.381 e. The highest BCUT2D eigenvalue weighted by molar-refractivity contribution is 7.07. The molecule has 2 N–H and O–H groups in total. The minimum absolute atomic E-state index is 0.0616. The van der Waals surface area contributed by atoms with Gasteiger partial charge in [0.05, 0.1) is 23.9 Å². The van der Waals surface area contributed by atoms with Crippen LogP contribution in [0.2, 0.25) is 0 Å². The normalized spacial score (nSPS) is 25.8. The van der Waals surface area contributed by atoms with E-state index in [9.17, 15) is 0 Å². The number of nitrogens with two attached hydrogens (primary N) is 1. The lowest BCUT2D eigenvalue weighted by Gasteiger charge is -2.26. The molecule has 1 fully saturated rings. The van der Waals surface area contributed by atoms with Crippen LogP contribution in [0.4, 0.5) is 0 Å². The van der Waals surface area contributed by atoms with Crippen molar-refractivity contribution in [3.05, 3.63) is 16.6 Å². The number of thiazole rings is 1. The number of ether oxygens (including phenoxy) is 1. The Bertz CT molecular complexity index is 244. The molecule has 0 bridgehead atoms. The molecule has 0 spiro atoms. The molecule has 0 amide bonds. The van der Waals surface area contributed by atoms with Gasteiger partial charge in [-0.05, 0) is 12.8 Å². The summed E-state index contributed by atoms with van der Waals surface area (Å²) in [5.41, 5.74) is 8.92. The van der Waals surface area contributed by atoms with Crippen molar-refractivity contribution in [3.8, 4) is 0 Å². The first kappa shape index (κ1) is 9.12. The van der Waals surface area contributed by atoms with Crippen LogP contribution in [0.3, 0.4) is 0 Å². The van der Waals surface area contributed by atoms with E-state index in [0.29, 0.717) is 5.92 Å². The Morgan fingerprint density at radius 1 is 1.69 bits per heavy atom. The molecule has 13 heavy (non-hydrogen) atoms. The van der Waals surface area contributed by atoms with E-state index < -0.39 is 0 Å². The smallest absolute Gasteiger partial charge is 0.0795 e. The first-order valence-electron chi connectivity index (χ1n) is 4.59. The van der Waals surface area contributed by atoms with Crippen LogP contribution >= 0.6 is 11.3 Å². The van der Waals surface area contributed by atoms with E-state index in [4.69, 9.17) is 10.5 Å². The van der Waals surface area contributed by atoms with Crippen molar-refractivity contribution < 1.29 is 4.74 Å². The fourth-order valence-electron chi connectivity index (χ4n) is 1.68. The average Bonchev–Trinajstić information content (AvgIpc) is 2.71. The fraction of sp³-hybridized carbons (Fsp3) is 0.667. The molecule has 1 aromatic heterocycles. The highest BCUT2D eigenvalue weighted by atomic mass is 32.1. The Hall–Kier alpha value is -0.450. The summed E-state index contributed by atoms with van der Waals surface area (Å²) < 4.78 is 5.40. The molecule has 72 valence electrons. The molecular weight excluding hydrogens is 184 g/mol. The third kappa shape index (κ3) is 2.07. The summed E-state index contributed by atoms with van der Waals surface area (Å²) in [6, 6.07) is 0.0616. The van der Waals surface area contributed by atoms with Crippen molar-refractivity contribution in [2.45, 2.75) is 18.9 Å². The van der Waals surface area contributed by atoms with Crippen LogP contribution < -0.4 is 5.73 Å². The number of rotatable bonds is 2. The number of hydrogen-bond acceptors (Lipinski definition) is 4. The van der Waals surface area contributed by atoms with Gasteiger partial charge < -0.3 is 10.5 Å². The molecule has 1 aliphatic rings. The van der Waals surface area contributed by atoms with Crippen LogP contribution in [-0.4, -0.2) is 18.2 Å². The third-order valence-electron chi connectivity index (χ3n) is 2.50. The van der Waals surface area contributed by atoms with Gasteiger partial charge in [0.25, 0.3) is 0 Å². The number of hydrogen-bond donors (Lipinski definition) is 1. The van der Waals surface area contributed by atoms with Crippen molar-refractivity contribution in [2.24, 2.45) is 11.7 Å². The molecule has 3 nitrogen and oxygen atoms in total. The maximum Gasteiger partial charge on any atom is 0.0795 e. The van der Waals surface area contributed by atoms with Gasteiger partial charge in [0.1, 0.15) is 0 Å². The molecule has 4 heteroatoms. The second kappa shape index (κ2) is 4.17. The Kier molecular flexibility index (Phi) is 2.93. The first-order valence-corrected chi connectivity index (χ1v) is 5.53. The van der Waals surface area contributed by atoms with Crippen LogP contribution in [0.25, 0.3) is 0 Å². The summed E-state index contributed by atoms with van der Waals surface area (Å²) in [7, 11) is 0. The SMILES string of the molecule is NC(c1cscn1)C1CCCOC1. The molecule has 2 heterocycles. The van der Waals surface area contributed by atoms with E-state index in [2.05, 4.69) is 4.98 Å². The summed E-state index contributed by atoms with van der Waals surface area (Å²) in [6.45, 7) is 1.68. The predicted molar refractivity (Wildman–Crippen MR) is 52.6 cm³/mol. The first-order chi connectivity index (χ1) is 6.38. The van der Waals surface area contributed by atoms with Crippen molar-refractivity contribution in [1.82, 2.24) is 4.98 Å². The molecule has 2 atom stereocenters. The molecule has 2 rings (SSSR count). The van der Waals surface area contributed by atoms with Gasteiger partial charge in [0, 0.05) is 17.9 Å². The molecular formula is C9H14N2OS. The quantitative estimate of drug-likeness (QED) is 0.784. The monoisotopic (exact) mass is 198 g/mol. The lowest BCUT2D eigenvalue weighted by Crippen LogP contribution is -2.29. The van der Waals surface area contributed by atoms with Gasteiger partial charge in [-0.25, -0.2) is 4.98 Å². The van der Waals surface area contributed by atoms with Gasteiger partial charge in [-0.2, -0.15) is 0 Å². The van der Waals surface area contributed by atoms with Crippen LogP contribution in [-0.2, 0) is 4.74 Å². The van der Waals surface area contributed by atoms with Gasteiger partial charge in [-0.3, -0.25) is 0 Å². The fourth-order valence-corrected chi connectivity index (χ4v) is 2.28. The highest BCUT2D eigenvalue weighted by Crippen LogP contribution is 2.26. The van der Waals surface area contributed by atoms with Gasteiger partial charge in [0.2, 0.25) is 0 Å². The van der Waals surface area contributed by atoms with Gasteiger partial charge in [0.15, 0.2) is 0 Å². The van der Waals surface area contributed by atoms with E-state index in [-0.39, 0.29) is 6.04 Å². The van der Waals surface area contributed by atoms with Crippen LogP contribution in [0.1, 0.15) is 24.6 Å². The summed E-state index contributed by atoms with van der Waals surface area (Å²) in [6.07, 6.45) is 2.29. The molecule has 2 unspecified atom stereocenters. The largest absolute Gasteiger partial charge is 0.381 e. The average molecular weight is 198 g/mol. The van der Waals surface area contributed by atoms with Gasteiger partial charge in [-0.15, -0.1) is 11.3 Å². The van der Waals surface area contributed by atoms with Crippen LogP contribution in [0, 0.1) is 5.92 Å². The van der Waals surface area contributed by atoms with E-state index in [1.165, 1.54) is 6.42 Å². The maximum absolute atomic E-state index is 6.08. The zero-order chi connectivity index (χ0) is 9.10. The Balaban J connectivity index is 1.99. The van der Waals surface area contributed by atoms with E-state index in [0.717, 1.165) is 25.3 Å². The number of aromatic nitrogens is 1. The van der Waals surface area contributed by atoms with Crippen molar-refractivity contribution in [1.29, 1.82) is 0 Å². The number of nitrogens with zero attached hydrogens (tertiary/aromatic N) is 1. The lowest BCUT2D eigenvalue weighted by atomic mass is 9.93. The van der Waals surface area contributed by atoms with Crippen molar-refractivity contribution in [2.75, 3.05) is 13.2 Å².